The van der Waals surface area contributed by atoms with Crippen molar-refractivity contribution in [2.75, 3.05) is 0 Å². The molecule has 2 heterocycles. The molecule has 28 heavy (non-hydrogen) atoms. The van der Waals surface area contributed by atoms with Crippen LogP contribution in [-0.2, 0) is 25.9 Å². The molecule has 0 fully saturated rings. The van der Waals surface area contributed by atoms with E-state index in [9.17, 15) is 31.1 Å². The molecule has 0 aliphatic carbocycles. The van der Waals surface area contributed by atoms with Gasteiger partial charge < -0.3 is 9.88 Å². The van der Waals surface area contributed by atoms with Crippen LogP contribution in [0.1, 0.15) is 27.3 Å². The van der Waals surface area contributed by atoms with Crippen molar-refractivity contribution in [2.45, 2.75) is 18.9 Å². The number of nitrogens with zero attached hydrogens (tertiary/aromatic N) is 2. The highest BCUT2D eigenvalue weighted by atomic mass is 19.4. The topological polar surface area (TPSA) is 46.9 Å². The van der Waals surface area contributed by atoms with Crippen molar-refractivity contribution in [3.63, 3.8) is 0 Å². The molecule has 0 atom stereocenters. The minimum Gasteiger partial charge on any atom is -0.348 e. The van der Waals surface area contributed by atoms with E-state index in [1.54, 1.807) is 6.07 Å². The Kier molecular flexibility index (Phi) is 4.82. The molecule has 10 heteroatoms. The molecule has 4 nitrogen and oxygen atoms in total. The second-order valence-electron chi connectivity index (χ2n) is 6.09. The summed E-state index contributed by atoms with van der Waals surface area (Å²) in [6, 6.07) is 7.29. The lowest BCUT2D eigenvalue weighted by Crippen LogP contribution is -2.23. The average Bonchev–Trinajstić information content (AvgIpc) is 2.95. The first kappa shape index (κ1) is 19.7. The summed E-state index contributed by atoms with van der Waals surface area (Å²) >= 11 is 0. The summed E-state index contributed by atoms with van der Waals surface area (Å²) in [5.41, 5.74) is -1.04. The standard InChI is InChI=1S/C18H13F6N3O/c1-27-13-4-2-10(6-12(13)7-15(27)18(22,23)24)8-26-16(28)11-3-5-14(25-9-11)17(19,20)21/h2-7,9H,8H2,1H3,(H,26,28). The van der Waals surface area contributed by atoms with Crippen molar-refractivity contribution in [1.82, 2.24) is 14.9 Å². The zero-order valence-corrected chi connectivity index (χ0v) is 14.3. The number of pyridine rings is 1. The Labute approximate surface area is 154 Å². The van der Waals surface area contributed by atoms with Gasteiger partial charge in [0.15, 0.2) is 0 Å². The maximum atomic E-state index is 13.0. The number of rotatable bonds is 3. The Balaban J connectivity index is 1.73. The van der Waals surface area contributed by atoms with E-state index < -0.39 is 29.6 Å². The lowest BCUT2D eigenvalue weighted by atomic mass is 10.1. The number of nitrogens with one attached hydrogen (secondary N) is 1. The van der Waals surface area contributed by atoms with Crippen molar-refractivity contribution < 1.29 is 31.1 Å². The highest BCUT2D eigenvalue weighted by molar-refractivity contribution is 5.93. The Morgan fingerprint density at radius 1 is 1.04 bits per heavy atom. The SMILES string of the molecule is Cn1c(C(F)(F)F)cc2cc(CNC(=O)c3ccc(C(F)(F)F)nc3)ccc21. The number of hydrogen-bond donors (Lipinski definition) is 1. The molecule has 3 rings (SSSR count). The fraction of sp³-hybridized carbons (Fsp3) is 0.222. The monoisotopic (exact) mass is 401 g/mol. The second kappa shape index (κ2) is 6.84. The summed E-state index contributed by atoms with van der Waals surface area (Å²) in [5, 5.41) is 2.86. The number of aromatic nitrogens is 2. The number of benzene rings is 1. The van der Waals surface area contributed by atoms with E-state index in [4.69, 9.17) is 0 Å². The first-order valence-corrected chi connectivity index (χ1v) is 7.94. The number of halogens is 6. The molecule has 0 bridgehead atoms. The summed E-state index contributed by atoms with van der Waals surface area (Å²) in [7, 11) is 1.31. The molecule has 1 aromatic carbocycles. The minimum absolute atomic E-state index is 0.00790. The number of amides is 1. The summed E-state index contributed by atoms with van der Waals surface area (Å²) < 4.78 is 77.4. The number of fused-ring (bicyclic) bond motifs is 1. The maximum Gasteiger partial charge on any atom is 0.433 e. The van der Waals surface area contributed by atoms with Crippen LogP contribution in [0.4, 0.5) is 26.3 Å². The Bertz CT molecular complexity index is 1020. The van der Waals surface area contributed by atoms with Gasteiger partial charge in [0.2, 0.25) is 0 Å². The third kappa shape index (κ3) is 3.95. The third-order valence-corrected chi connectivity index (χ3v) is 4.17. The molecule has 0 spiro atoms. The summed E-state index contributed by atoms with van der Waals surface area (Å²) in [4.78, 5) is 15.3. The lowest BCUT2D eigenvalue weighted by molar-refractivity contribution is -0.143. The number of alkyl halides is 6. The van der Waals surface area contributed by atoms with Crippen molar-refractivity contribution in [2.24, 2.45) is 7.05 Å². The van der Waals surface area contributed by atoms with Gasteiger partial charge in [-0.05, 0) is 35.9 Å². The normalized spacial score (nSPS) is 12.4. The van der Waals surface area contributed by atoms with Gasteiger partial charge in [0, 0.05) is 30.7 Å². The van der Waals surface area contributed by atoms with Gasteiger partial charge in [-0.1, -0.05) is 6.07 Å². The van der Waals surface area contributed by atoms with E-state index in [2.05, 4.69) is 10.3 Å². The van der Waals surface area contributed by atoms with E-state index in [1.807, 2.05) is 0 Å². The lowest BCUT2D eigenvalue weighted by Gasteiger charge is -2.08. The van der Waals surface area contributed by atoms with Gasteiger partial charge in [0.05, 0.1) is 5.56 Å². The van der Waals surface area contributed by atoms with Gasteiger partial charge in [-0.3, -0.25) is 9.78 Å². The molecular formula is C18H13F6N3O. The van der Waals surface area contributed by atoms with Gasteiger partial charge >= 0.3 is 12.4 Å². The first-order chi connectivity index (χ1) is 13.0. The minimum atomic E-state index is -4.60. The van der Waals surface area contributed by atoms with E-state index in [0.29, 0.717) is 22.5 Å². The average molecular weight is 401 g/mol. The van der Waals surface area contributed by atoms with Crippen LogP contribution in [0, 0.1) is 0 Å². The smallest absolute Gasteiger partial charge is 0.348 e. The van der Waals surface area contributed by atoms with Crippen LogP contribution in [0.2, 0.25) is 0 Å². The Morgan fingerprint density at radius 2 is 1.75 bits per heavy atom. The van der Waals surface area contributed by atoms with Crippen LogP contribution in [0.25, 0.3) is 10.9 Å². The summed E-state index contributed by atoms with van der Waals surface area (Å²) in [5.74, 6) is -0.648. The quantitative estimate of drug-likeness (QED) is 0.655. The molecule has 3 aromatic rings. The van der Waals surface area contributed by atoms with E-state index >= 15 is 0 Å². The number of hydrogen-bond acceptors (Lipinski definition) is 2. The second-order valence-corrected chi connectivity index (χ2v) is 6.09. The summed E-state index contributed by atoms with van der Waals surface area (Å²) in [6.45, 7) is -0.00790. The van der Waals surface area contributed by atoms with Crippen molar-refractivity contribution in [3.05, 3.63) is 65.1 Å². The van der Waals surface area contributed by atoms with Crippen LogP contribution >= 0.6 is 0 Å². The molecule has 1 N–H and O–H groups in total. The highest BCUT2D eigenvalue weighted by Gasteiger charge is 2.34. The van der Waals surface area contributed by atoms with Crippen molar-refractivity contribution in [1.29, 1.82) is 0 Å². The Hall–Kier alpha value is -3.04. The third-order valence-electron chi connectivity index (χ3n) is 4.17. The molecule has 1 amide bonds. The van der Waals surface area contributed by atoms with Gasteiger partial charge in [0.1, 0.15) is 11.4 Å². The predicted octanol–water partition coefficient (Wildman–Crippen LogP) is 4.54. The van der Waals surface area contributed by atoms with Crippen molar-refractivity contribution in [3.8, 4) is 0 Å². The van der Waals surface area contributed by atoms with Gasteiger partial charge in [-0.2, -0.15) is 26.3 Å². The molecule has 0 saturated heterocycles. The number of carbonyl (C=O) groups excluding carboxylic acids is 1. The van der Waals surface area contributed by atoms with E-state index in [1.165, 1.54) is 19.2 Å². The van der Waals surface area contributed by atoms with Crippen LogP contribution in [0.5, 0.6) is 0 Å². The van der Waals surface area contributed by atoms with E-state index in [-0.39, 0.29) is 12.1 Å². The predicted molar refractivity (Wildman–Crippen MR) is 88.3 cm³/mol. The van der Waals surface area contributed by atoms with Crippen LogP contribution in [-0.4, -0.2) is 15.5 Å². The number of aryl methyl sites for hydroxylation is 1. The molecule has 0 aliphatic rings. The molecule has 0 radical (unpaired) electrons. The number of carbonyl (C=O) groups is 1. The molecule has 148 valence electrons. The van der Waals surface area contributed by atoms with Crippen molar-refractivity contribution >= 4 is 16.8 Å². The van der Waals surface area contributed by atoms with Crippen LogP contribution in [0.15, 0.2) is 42.6 Å². The van der Waals surface area contributed by atoms with E-state index in [0.717, 1.165) is 22.9 Å². The first-order valence-electron chi connectivity index (χ1n) is 7.94. The highest BCUT2D eigenvalue weighted by Crippen LogP contribution is 2.33. The van der Waals surface area contributed by atoms with Gasteiger partial charge in [-0.25, -0.2) is 0 Å². The van der Waals surface area contributed by atoms with Gasteiger partial charge in [0.25, 0.3) is 5.91 Å². The largest absolute Gasteiger partial charge is 0.433 e. The zero-order valence-electron chi connectivity index (χ0n) is 14.3. The maximum absolute atomic E-state index is 13.0. The zero-order chi connectivity index (χ0) is 20.7. The molecule has 0 saturated carbocycles. The fourth-order valence-corrected chi connectivity index (χ4v) is 2.76. The van der Waals surface area contributed by atoms with Crippen LogP contribution < -0.4 is 5.32 Å². The fourth-order valence-electron chi connectivity index (χ4n) is 2.76. The Morgan fingerprint density at radius 3 is 2.32 bits per heavy atom. The molecule has 0 aliphatic heterocycles. The molecular weight excluding hydrogens is 388 g/mol. The molecule has 0 unspecified atom stereocenters. The summed E-state index contributed by atoms with van der Waals surface area (Å²) in [6.07, 6.45) is -8.28. The van der Waals surface area contributed by atoms with Crippen LogP contribution in [0.3, 0.4) is 0 Å². The molecule has 2 aromatic heterocycles. The van der Waals surface area contributed by atoms with Gasteiger partial charge in [-0.15, -0.1) is 0 Å².